The van der Waals surface area contributed by atoms with E-state index in [4.69, 9.17) is 0 Å². The van der Waals surface area contributed by atoms with Gasteiger partial charge in [-0.15, -0.1) is 0 Å². The van der Waals surface area contributed by atoms with E-state index in [1.807, 2.05) is 0 Å². The molecule has 92 valence electrons. The quantitative estimate of drug-likeness (QED) is 0.669. The summed E-state index contributed by atoms with van der Waals surface area (Å²) >= 11 is 0. The minimum absolute atomic E-state index is 0.0619. The molecule has 2 aliphatic carbocycles. The Bertz CT molecular complexity index is 311. The zero-order valence-corrected chi connectivity index (χ0v) is 11.4. The van der Waals surface area contributed by atoms with Crippen molar-refractivity contribution in [3.05, 3.63) is 11.1 Å². The molecule has 1 nitrogen and oxygen atoms in total. The summed E-state index contributed by atoms with van der Waals surface area (Å²) in [6.45, 7) is 11.4. The number of allylic oxidation sites excluding steroid dienone is 1. The van der Waals surface area contributed by atoms with E-state index in [2.05, 4.69) is 34.6 Å². The van der Waals surface area contributed by atoms with Crippen molar-refractivity contribution < 1.29 is 5.11 Å². The summed E-state index contributed by atoms with van der Waals surface area (Å²) in [5.41, 5.74) is 3.07. The summed E-state index contributed by atoms with van der Waals surface area (Å²) in [6.07, 6.45) is 3.43. The number of hydrogen-bond acceptors (Lipinski definition) is 1. The first-order valence-corrected chi connectivity index (χ1v) is 6.75. The van der Waals surface area contributed by atoms with E-state index in [1.54, 1.807) is 5.57 Å². The zero-order chi connectivity index (χ0) is 12.1. The van der Waals surface area contributed by atoms with Gasteiger partial charge in [0.15, 0.2) is 0 Å². The van der Waals surface area contributed by atoms with Gasteiger partial charge in [-0.3, -0.25) is 0 Å². The Kier molecular flexibility index (Phi) is 2.94. The lowest BCUT2D eigenvalue weighted by Gasteiger charge is -2.43. The molecule has 0 radical (unpaired) electrons. The summed E-state index contributed by atoms with van der Waals surface area (Å²) in [4.78, 5) is 0. The SMILES string of the molecule is CC(C)[C@H]1CC(C)(C)[C@@H](O)C2=C1CC[C@H]2C. The highest BCUT2D eigenvalue weighted by Gasteiger charge is 2.45. The van der Waals surface area contributed by atoms with Gasteiger partial charge in [0.25, 0.3) is 0 Å². The molecular weight excluding hydrogens is 196 g/mol. The molecule has 0 saturated carbocycles. The van der Waals surface area contributed by atoms with E-state index in [-0.39, 0.29) is 11.5 Å². The van der Waals surface area contributed by atoms with Crippen LogP contribution in [0.5, 0.6) is 0 Å². The van der Waals surface area contributed by atoms with Crippen molar-refractivity contribution in [2.24, 2.45) is 23.2 Å². The third kappa shape index (κ3) is 1.73. The molecule has 0 aliphatic heterocycles. The number of rotatable bonds is 1. The molecule has 0 aromatic heterocycles. The Labute approximate surface area is 99.9 Å². The van der Waals surface area contributed by atoms with Gasteiger partial charge in [0.1, 0.15) is 0 Å². The van der Waals surface area contributed by atoms with Crippen molar-refractivity contribution >= 4 is 0 Å². The van der Waals surface area contributed by atoms with Gasteiger partial charge in [-0.05, 0) is 48.0 Å². The highest BCUT2D eigenvalue weighted by atomic mass is 16.3. The number of aliphatic hydroxyl groups excluding tert-OH is 1. The predicted octanol–water partition coefficient (Wildman–Crippen LogP) is 3.78. The first kappa shape index (κ1) is 12.2. The summed E-state index contributed by atoms with van der Waals surface area (Å²) < 4.78 is 0. The molecule has 0 fully saturated rings. The topological polar surface area (TPSA) is 20.2 Å². The van der Waals surface area contributed by atoms with Crippen LogP contribution in [0.2, 0.25) is 0 Å². The van der Waals surface area contributed by atoms with Gasteiger partial charge in [-0.25, -0.2) is 0 Å². The maximum Gasteiger partial charge on any atom is 0.0806 e. The van der Waals surface area contributed by atoms with E-state index in [0.717, 1.165) is 6.42 Å². The van der Waals surface area contributed by atoms with Gasteiger partial charge < -0.3 is 5.11 Å². The van der Waals surface area contributed by atoms with Crippen molar-refractivity contribution in [2.75, 3.05) is 0 Å². The second kappa shape index (κ2) is 3.87. The Morgan fingerprint density at radius 3 is 2.50 bits per heavy atom. The van der Waals surface area contributed by atoms with Crippen LogP contribution in [0.4, 0.5) is 0 Å². The van der Waals surface area contributed by atoms with Crippen LogP contribution >= 0.6 is 0 Å². The minimum atomic E-state index is -0.199. The number of hydrogen-bond donors (Lipinski definition) is 1. The van der Waals surface area contributed by atoms with Crippen molar-refractivity contribution in [3.8, 4) is 0 Å². The van der Waals surface area contributed by atoms with E-state index >= 15 is 0 Å². The molecule has 2 rings (SSSR count). The first-order valence-electron chi connectivity index (χ1n) is 6.75. The van der Waals surface area contributed by atoms with E-state index in [9.17, 15) is 5.11 Å². The third-order valence-electron chi connectivity index (χ3n) is 4.78. The van der Waals surface area contributed by atoms with Crippen LogP contribution in [0.1, 0.15) is 53.9 Å². The van der Waals surface area contributed by atoms with Crippen LogP contribution in [0.15, 0.2) is 11.1 Å². The summed E-state index contributed by atoms with van der Waals surface area (Å²) in [5, 5.41) is 10.5. The molecule has 0 saturated heterocycles. The fourth-order valence-corrected chi connectivity index (χ4v) is 3.69. The van der Waals surface area contributed by atoms with Gasteiger partial charge in [-0.2, -0.15) is 0 Å². The molecule has 16 heavy (non-hydrogen) atoms. The van der Waals surface area contributed by atoms with Crippen LogP contribution < -0.4 is 0 Å². The lowest BCUT2D eigenvalue weighted by Crippen LogP contribution is -2.40. The average molecular weight is 222 g/mol. The van der Waals surface area contributed by atoms with Crippen LogP contribution in [-0.2, 0) is 0 Å². The van der Waals surface area contributed by atoms with Crippen molar-refractivity contribution in [1.82, 2.24) is 0 Å². The standard InChI is InChI=1S/C15H26O/c1-9(2)12-8-15(4,5)14(16)13-10(3)6-7-11(12)13/h9-10,12,14,16H,6-8H2,1-5H3/t10-,12-,14+/m1/s1. The first-order chi connectivity index (χ1) is 7.34. The molecule has 3 atom stereocenters. The molecule has 0 bridgehead atoms. The molecule has 0 amide bonds. The Balaban J connectivity index is 2.42. The Hall–Kier alpha value is -0.300. The Morgan fingerprint density at radius 1 is 1.31 bits per heavy atom. The summed E-state index contributed by atoms with van der Waals surface area (Å²) in [7, 11) is 0. The molecule has 0 heterocycles. The zero-order valence-electron chi connectivity index (χ0n) is 11.4. The van der Waals surface area contributed by atoms with Gasteiger partial charge in [0.2, 0.25) is 0 Å². The highest BCUT2D eigenvalue weighted by Crippen LogP contribution is 2.52. The fraction of sp³-hybridized carbons (Fsp3) is 0.867. The molecule has 0 aromatic carbocycles. The minimum Gasteiger partial charge on any atom is -0.388 e. The van der Waals surface area contributed by atoms with E-state index < -0.39 is 0 Å². The second-order valence-electron chi connectivity index (χ2n) is 6.87. The molecule has 1 N–H and O–H groups in total. The van der Waals surface area contributed by atoms with Gasteiger partial charge in [-0.1, -0.05) is 40.2 Å². The maximum atomic E-state index is 10.5. The molecule has 0 spiro atoms. The van der Waals surface area contributed by atoms with Crippen LogP contribution in [0.25, 0.3) is 0 Å². The van der Waals surface area contributed by atoms with Crippen molar-refractivity contribution in [3.63, 3.8) is 0 Å². The van der Waals surface area contributed by atoms with Crippen LogP contribution in [0, 0.1) is 23.2 Å². The summed E-state index contributed by atoms with van der Waals surface area (Å²) in [6, 6.07) is 0. The lowest BCUT2D eigenvalue weighted by atomic mass is 9.64. The van der Waals surface area contributed by atoms with Gasteiger partial charge >= 0.3 is 0 Å². The van der Waals surface area contributed by atoms with E-state index in [1.165, 1.54) is 18.4 Å². The fourth-order valence-electron chi connectivity index (χ4n) is 3.69. The molecular formula is C15H26O. The smallest absolute Gasteiger partial charge is 0.0806 e. The van der Waals surface area contributed by atoms with Gasteiger partial charge in [0, 0.05) is 0 Å². The molecule has 0 aromatic rings. The van der Waals surface area contributed by atoms with Gasteiger partial charge in [0.05, 0.1) is 6.10 Å². The number of aliphatic hydroxyl groups is 1. The third-order valence-corrected chi connectivity index (χ3v) is 4.78. The van der Waals surface area contributed by atoms with E-state index in [0.29, 0.717) is 17.8 Å². The van der Waals surface area contributed by atoms with Crippen molar-refractivity contribution in [2.45, 2.75) is 60.0 Å². The molecule has 0 unspecified atom stereocenters. The predicted molar refractivity (Wildman–Crippen MR) is 68.2 cm³/mol. The van der Waals surface area contributed by atoms with Crippen LogP contribution in [0.3, 0.4) is 0 Å². The normalized spacial score (nSPS) is 38.1. The Morgan fingerprint density at radius 2 is 1.94 bits per heavy atom. The monoisotopic (exact) mass is 222 g/mol. The molecule has 1 heteroatoms. The molecule has 2 aliphatic rings. The summed E-state index contributed by atoms with van der Waals surface area (Å²) in [5.74, 6) is 2.02. The maximum absolute atomic E-state index is 10.5. The van der Waals surface area contributed by atoms with Crippen LogP contribution in [-0.4, -0.2) is 11.2 Å². The second-order valence-corrected chi connectivity index (χ2v) is 6.87. The largest absolute Gasteiger partial charge is 0.388 e. The highest BCUT2D eigenvalue weighted by molar-refractivity contribution is 5.33. The average Bonchev–Trinajstić information content (AvgIpc) is 2.54. The lowest BCUT2D eigenvalue weighted by molar-refractivity contribution is 0.0392. The van der Waals surface area contributed by atoms with Crippen molar-refractivity contribution in [1.29, 1.82) is 0 Å².